The summed E-state index contributed by atoms with van der Waals surface area (Å²) < 4.78 is 0.703. The van der Waals surface area contributed by atoms with Crippen LogP contribution in [0.5, 0.6) is 0 Å². The zero-order valence-corrected chi connectivity index (χ0v) is 9.82. The van der Waals surface area contributed by atoms with E-state index in [0.29, 0.717) is 4.34 Å². The van der Waals surface area contributed by atoms with E-state index < -0.39 is 6.03 Å². The number of nitrogens with zero attached hydrogens (tertiary/aromatic N) is 2. The zero-order valence-electron chi connectivity index (χ0n) is 8.18. The second kappa shape index (κ2) is 5.66. The molecule has 0 aromatic carbocycles. The smallest absolute Gasteiger partial charge is 0.321 e. The number of thioether (sulfide) groups is 1. The molecule has 0 radical (unpaired) electrons. The average molecular weight is 246 g/mol. The number of hydrogen-bond donors (Lipinski definition) is 2. The van der Waals surface area contributed by atoms with Crippen LogP contribution in [0.15, 0.2) is 9.85 Å². The molecule has 1 unspecified atom stereocenters. The van der Waals surface area contributed by atoms with E-state index in [9.17, 15) is 9.59 Å². The van der Waals surface area contributed by atoms with Gasteiger partial charge in [0.15, 0.2) is 4.34 Å². The number of hydrogen-bond acceptors (Lipinski definition) is 6. The minimum absolute atomic E-state index is 0.352. The molecule has 0 aliphatic carbocycles. The number of carbonyl (C=O) groups excluding carboxylic acids is 2. The van der Waals surface area contributed by atoms with Gasteiger partial charge in [-0.2, -0.15) is 0 Å². The van der Waals surface area contributed by atoms with Crippen molar-refractivity contribution in [2.24, 2.45) is 0 Å². The Morgan fingerprint density at radius 1 is 1.60 bits per heavy atom. The topological polar surface area (TPSA) is 84.0 Å². The summed E-state index contributed by atoms with van der Waals surface area (Å²) in [7, 11) is 1.45. The average Bonchev–Trinajstić information content (AvgIpc) is 2.70. The molecule has 1 heterocycles. The number of aromatic nitrogens is 2. The molecule has 2 N–H and O–H groups in total. The fourth-order valence-corrected chi connectivity index (χ4v) is 2.32. The van der Waals surface area contributed by atoms with E-state index in [2.05, 4.69) is 20.8 Å². The van der Waals surface area contributed by atoms with Crippen molar-refractivity contribution >= 4 is 35.0 Å². The number of carbonyl (C=O) groups is 2. The summed E-state index contributed by atoms with van der Waals surface area (Å²) in [5.74, 6) is -0.352. The maximum Gasteiger partial charge on any atom is 0.321 e. The second-order valence-electron chi connectivity index (χ2n) is 2.53. The largest absolute Gasteiger partial charge is 0.341 e. The molecule has 8 heteroatoms. The molecule has 1 rings (SSSR count). The van der Waals surface area contributed by atoms with Crippen molar-refractivity contribution in [2.75, 3.05) is 7.05 Å². The van der Waals surface area contributed by atoms with E-state index >= 15 is 0 Å². The minimum atomic E-state index is -0.510. The van der Waals surface area contributed by atoms with Gasteiger partial charge in [-0.25, -0.2) is 4.79 Å². The van der Waals surface area contributed by atoms with Gasteiger partial charge in [0, 0.05) is 7.05 Å². The van der Waals surface area contributed by atoms with Crippen molar-refractivity contribution in [2.45, 2.75) is 16.5 Å². The fourth-order valence-electron chi connectivity index (χ4n) is 0.695. The highest BCUT2D eigenvalue weighted by Crippen LogP contribution is 2.23. The molecule has 6 nitrogen and oxygen atoms in total. The molecular weight excluding hydrogens is 236 g/mol. The maximum absolute atomic E-state index is 11.4. The third-order valence-electron chi connectivity index (χ3n) is 1.45. The molecule has 15 heavy (non-hydrogen) atoms. The third kappa shape index (κ3) is 3.84. The van der Waals surface area contributed by atoms with Crippen molar-refractivity contribution in [3.63, 3.8) is 0 Å². The van der Waals surface area contributed by atoms with Crippen LogP contribution in [0.25, 0.3) is 0 Å². The van der Waals surface area contributed by atoms with Crippen molar-refractivity contribution in [1.29, 1.82) is 0 Å². The first-order valence-corrected chi connectivity index (χ1v) is 5.85. The molecule has 0 saturated heterocycles. The van der Waals surface area contributed by atoms with Crippen LogP contribution in [0.2, 0.25) is 0 Å². The van der Waals surface area contributed by atoms with Gasteiger partial charge in [0.05, 0.1) is 5.25 Å². The minimum Gasteiger partial charge on any atom is -0.341 e. The first-order chi connectivity index (χ1) is 7.13. The SMILES string of the molecule is CNC(=O)NC(=O)C(C)Sc1nncs1. The van der Waals surface area contributed by atoms with Gasteiger partial charge in [0.1, 0.15) is 5.51 Å². The van der Waals surface area contributed by atoms with Crippen molar-refractivity contribution < 1.29 is 9.59 Å². The molecule has 1 atom stereocenters. The van der Waals surface area contributed by atoms with Crippen LogP contribution in [-0.4, -0.2) is 34.4 Å². The lowest BCUT2D eigenvalue weighted by Gasteiger charge is -2.08. The Kier molecular flexibility index (Phi) is 4.50. The number of urea groups is 1. The molecule has 0 saturated carbocycles. The molecule has 0 fully saturated rings. The standard InChI is InChI=1S/C7H10N4O2S2/c1-4(5(12)10-6(13)8-2)15-7-11-9-3-14-7/h3-4H,1-2H3,(H2,8,10,12,13). The summed E-state index contributed by atoms with van der Waals surface area (Å²) in [5, 5.41) is 11.6. The summed E-state index contributed by atoms with van der Waals surface area (Å²) in [4.78, 5) is 22.3. The van der Waals surface area contributed by atoms with E-state index in [-0.39, 0.29) is 11.2 Å². The molecule has 0 spiro atoms. The summed E-state index contributed by atoms with van der Waals surface area (Å²) in [5.41, 5.74) is 1.59. The third-order valence-corrected chi connectivity index (χ3v) is 3.36. The van der Waals surface area contributed by atoms with Crippen LogP contribution in [-0.2, 0) is 4.79 Å². The Labute approximate surface area is 94.9 Å². The van der Waals surface area contributed by atoms with Gasteiger partial charge in [0.25, 0.3) is 0 Å². The fraction of sp³-hybridized carbons (Fsp3) is 0.429. The van der Waals surface area contributed by atoms with E-state index in [1.165, 1.54) is 30.1 Å². The van der Waals surface area contributed by atoms with Crippen molar-refractivity contribution in [1.82, 2.24) is 20.8 Å². The summed E-state index contributed by atoms with van der Waals surface area (Å²) in [6, 6.07) is -0.510. The van der Waals surface area contributed by atoms with E-state index in [4.69, 9.17) is 0 Å². The van der Waals surface area contributed by atoms with Crippen LogP contribution < -0.4 is 10.6 Å². The first-order valence-electron chi connectivity index (χ1n) is 4.09. The van der Waals surface area contributed by atoms with Crippen LogP contribution in [0.4, 0.5) is 4.79 Å². The highest BCUT2D eigenvalue weighted by molar-refractivity contribution is 8.02. The van der Waals surface area contributed by atoms with Gasteiger partial charge >= 0.3 is 6.03 Å². The lowest BCUT2D eigenvalue weighted by Crippen LogP contribution is -2.41. The molecule has 1 aromatic heterocycles. The van der Waals surface area contributed by atoms with Crippen LogP contribution in [0, 0.1) is 0 Å². The van der Waals surface area contributed by atoms with E-state index in [1.54, 1.807) is 12.4 Å². The second-order valence-corrected chi connectivity index (χ2v) is 4.95. The van der Waals surface area contributed by atoms with Crippen LogP contribution in [0.3, 0.4) is 0 Å². The number of amides is 3. The maximum atomic E-state index is 11.4. The molecular formula is C7H10N4O2S2. The monoisotopic (exact) mass is 246 g/mol. The van der Waals surface area contributed by atoms with Gasteiger partial charge in [-0.15, -0.1) is 10.2 Å². The van der Waals surface area contributed by atoms with E-state index in [1.807, 2.05) is 0 Å². The Balaban J connectivity index is 2.43. The summed E-state index contributed by atoms with van der Waals surface area (Å²) in [6.07, 6.45) is 0. The van der Waals surface area contributed by atoms with Gasteiger partial charge in [0.2, 0.25) is 5.91 Å². The highest BCUT2D eigenvalue weighted by Gasteiger charge is 2.17. The first kappa shape index (κ1) is 11.9. The Hall–Kier alpha value is -1.15. The zero-order chi connectivity index (χ0) is 11.3. The number of rotatable bonds is 3. The lowest BCUT2D eigenvalue weighted by atomic mass is 10.4. The molecule has 0 aliphatic heterocycles. The summed E-state index contributed by atoms with van der Waals surface area (Å²) in [6.45, 7) is 1.70. The van der Waals surface area contributed by atoms with Gasteiger partial charge < -0.3 is 5.32 Å². The predicted octanol–water partition coefficient (Wildman–Crippen LogP) is 0.474. The molecule has 82 valence electrons. The number of imide groups is 1. The lowest BCUT2D eigenvalue weighted by molar-refractivity contribution is -0.119. The predicted molar refractivity (Wildman–Crippen MR) is 57.8 cm³/mol. The Morgan fingerprint density at radius 2 is 2.33 bits per heavy atom. The quantitative estimate of drug-likeness (QED) is 0.758. The summed E-state index contributed by atoms with van der Waals surface area (Å²) >= 11 is 2.62. The van der Waals surface area contributed by atoms with Gasteiger partial charge in [-0.1, -0.05) is 23.1 Å². The Bertz CT molecular complexity index is 341. The molecule has 3 amide bonds. The van der Waals surface area contributed by atoms with Gasteiger partial charge in [-0.05, 0) is 6.92 Å². The number of nitrogens with one attached hydrogen (secondary N) is 2. The van der Waals surface area contributed by atoms with Gasteiger partial charge in [-0.3, -0.25) is 10.1 Å². The molecule has 1 aromatic rings. The van der Waals surface area contributed by atoms with Crippen molar-refractivity contribution in [3.05, 3.63) is 5.51 Å². The molecule has 0 aliphatic rings. The Morgan fingerprint density at radius 3 is 2.87 bits per heavy atom. The van der Waals surface area contributed by atoms with E-state index in [0.717, 1.165) is 0 Å². The normalized spacial score (nSPS) is 11.9. The highest BCUT2D eigenvalue weighted by atomic mass is 32.2. The van der Waals surface area contributed by atoms with Crippen LogP contribution in [0.1, 0.15) is 6.92 Å². The molecule has 0 bridgehead atoms. The van der Waals surface area contributed by atoms with Crippen molar-refractivity contribution in [3.8, 4) is 0 Å². The van der Waals surface area contributed by atoms with Crippen LogP contribution >= 0.6 is 23.1 Å².